The van der Waals surface area contributed by atoms with Gasteiger partial charge in [0.2, 0.25) is 0 Å². The molecule has 0 unspecified atom stereocenters. The van der Waals surface area contributed by atoms with Crippen LogP contribution in [0, 0.1) is 6.92 Å². The van der Waals surface area contributed by atoms with Crippen LogP contribution in [-0.4, -0.2) is 42.7 Å². The molecule has 0 aliphatic carbocycles. The molecule has 0 fully saturated rings. The minimum absolute atomic E-state index is 0.0355. The van der Waals surface area contributed by atoms with Gasteiger partial charge < -0.3 is 14.2 Å². The second-order valence-corrected chi connectivity index (χ2v) is 8.76. The molecule has 1 aliphatic rings. The van der Waals surface area contributed by atoms with E-state index in [2.05, 4.69) is 20.8 Å². The number of aromatic nitrogens is 3. The third-order valence-corrected chi connectivity index (χ3v) is 7.04. The first-order valence-electron chi connectivity index (χ1n) is 9.66. The van der Waals surface area contributed by atoms with Gasteiger partial charge in [-0.2, -0.15) is 0 Å². The van der Waals surface area contributed by atoms with Crippen molar-refractivity contribution in [3.8, 4) is 17.2 Å². The lowest BCUT2D eigenvalue weighted by Crippen LogP contribution is -2.07. The first-order valence-corrected chi connectivity index (χ1v) is 11.0. The van der Waals surface area contributed by atoms with Gasteiger partial charge in [0.05, 0.1) is 30.4 Å². The number of hydrogen-bond donors (Lipinski definition) is 0. The van der Waals surface area contributed by atoms with Gasteiger partial charge in [-0.3, -0.25) is 4.57 Å². The van der Waals surface area contributed by atoms with E-state index in [1.165, 1.54) is 0 Å². The van der Waals surface area contributed by atoms with Gasteiger partial charge in [-0.05, 0) is 43.2 Å². The number of benzene rings is 2. The Kier molecular flexibility index (Phi) is 6.22. The van der Waals surface area contributed by atoms with Crippen LogP contribution >= 0.6 is 23.4 Å². The number of para-hydroxylation sites is 1. The van der Waals surface area contributed by atoms with Gasteiger partial charge in [0, 0.05) is 24.3 Å². The topological polar surface area (TPSA) is 58.4 Å². The molecule has 0 amide bonds. The molecule has 0 saturated heterocycles. The molecular formula is C22H24ClN3O3S. The highest BCUT2D eigenvalue weighted by atomic mass is 35.5. The summed E-state index contributed by atoms with van der Waals surface area (Å²) in [7, 11) is 5.04. The molecule has 8 heteroatoms. The second kappa shape index (κ2) is 8.88. The zero-order valence-corrected chi connectivity index (χ0v) is 19.0. The lowest BCUT2D eigenvalue weighted by atomic mass is 10.0. The summed E-state index contributed by atoms with van der Waals surface area (Å²) < 4.78 is 18.9. The molecule has 158 valence electrons. The number of hydrogen-bond acceptors (Lipinski definition) is 6. The smallest absolute Gasteiger partial charge is 0.165 e. The van der Waals surface area contributed by atoms with E-state index in [-0.39, 0.29) is 10.5 Å². The maximum absolute atomic E-state index is 6.45. The van der Waals surface area contributed by atoms with Gasteiger partial charge in [-0.1, -0.05) is 23.7 Å². The molecule has 3 aromatic rings. The largest absolute Gasteiger partial charge is 0.493 e. The second-order valence-electron chi connectivity index (χ2n) is 7.01. The van der Waals surface area contributed by atoms with E-state index < -0.39 is 0 Å². The van der Waals surface area contributed by atoms with Crippen molar-refractivity contribution in [2.75, 3.05) is 27.9 Å². The van der Waals surface area contributed by atoms with Gasteiger partial charge in [0.25, 0.3) is 0 Å². The Morgan fingerprint density at radius 2 is 1.90 bits per heavy atom. The predicted molar refractivity (Wildman–Crippen MR) is 119 cm³/mol. The summed E-state index contributed by atoms with van der Waals surface area (Å²) >= 11 is 8.25. The van der Waals surface area contributed by atoms with Gasteiger partial charge in [-0.15, -0.1) is 22.0 Å². The van der Waals surface area contributed by atoms with Crippen molar-refractivity contribution in [1.29, 1.82) is 0 Å². The summed E-state index contributed by atoms with van der Waals surface area (Å²) in [6.07, 6.45) is 0.809. The molecule has 0 radical (unpaired) electrons. The Bertz CT molecular complexity index is 1060. The third-order valence-electron chi connectivity index (χ3n) is 5.25. The van der Waals surface area contributed by atoms with E-state index in [9.17, 15) is 0 Å². The number of fused-ring (bicyclic) bond motifs is 3. The molecule has 2 aromatic carbocycles. The van der Waals surface area contributed by atoms with Crippen molar-refractivity contribution < 1.29 is 14.2 Å². The van der Waals surface area contributed by atoms with E-state index >= 15 is 0 Å². The molecule has 0 spiro atoms. The Hall–Kier alpha value is -2.22. The highest BCUT2D eigenvalue weighted by molar-refractivity contribution is 8.00. The van der Waals surface area contributed by atoms with Crippen molar-refractivity contribution in [3.63, 3.8) is 0 Å². The fourth-order valence-electron chi connectivity index (χ4n) is 3.90. The summed E-state index contributed by atoms with van der Waals surface area (Å²) in [6.45, 7) is 2.60. The number of aryl methyl sites for hydroxylation is 1. The van der Waals surface area contributed by atoms with Crippen LogP contribution in [0.1, 0.15) is 39.7 Å². The lowest BCUT2D eigenvalue weighted by Gasteiger charge is -2.23. The normalized spacial score (nSPS) is 17.8. The van der Waals surface area contributed by atoms with Crippen LogP contribution in [0.4, 0.5) is 0 Å². The van der Waals surface area contributed by atoms with Crippen molar-refractivity contribution >= 4 is 23.4 Å². The molecule has 4 rings (SSSR count). The van der Waals surface area contributed by atoms with Gasteiger partial charge in [-0.25, -0.2) is 0 Å². The van der Waals surface area contributed by atoms with Crippen LogP contribution in [0.25, 0.3) is 5.69 Å². The van der Waals surface area contributed by atoms with Gasteiger partial charge in [0.15, 0.2) is 17.3 Å². The van der Waals surface area contributed by atoms with Crippen molar-refractivity contribution in [3.05, 3.63) is 64.2 Å². The first kappa shape index (κ1) is 21.0. The highest BCUT2D eigenvalue weighted by Gasteiger charge is 2.34. The number of halogens is 1. The number of rotatable bonds is 6. The summed E-state index contributed by atoms with van der Waals surface area (Å²) in [4.78, 5) is 0. The van der Waals surface area contributed by atoms with E-state index in [0.717, 1.165) is 40.6 Å². The predicted octanol–water partition coefficient (Wildman–Crippen LogP) is 5.16. The number of ether oxygens (including phenoxy) is 3. The summed E-state index contributed by atoms with van der Waals surface area (Å²) in [6, 6.07) is 11.9. The van der Waals surface area contributed by atoms with Gasteiger partial charge >= 0.3 is 0 Å². The molecule has 0 saturated carbocycles. The quantitative estimate of drug-likeness (QED) is 0.522. The van der Waals surface area contributed by atoms with E-state index in [1.54, 1.807) is 33.1 Å². The fraction of sp³-hybridized carbons (Fsp3) is 0.364. The minimum atomic E-state index is -0.0355. The summed E-state index contributed by atoms with van der Waals surface area (Å²) in [5, 5.41) is 9.61. The maximum atomic E-state index is 6.45. The zero-order valence-electron chi connectivity index (χ0n) is 17.4. The van der Waals surface area contributed by atoms with E-state index in [1.807, 2.05) is 37.3 Å². The van der Waals surface area contributed by atoms with Crippen LogP contribution in [0.3, 0.4) is 0 Å². The summed E-state index contributed by atoms with van der Waals surface area (Å²) in [5.74, 6) is 3.19. The average molecular weight is 446 g/mol. The third kappa shape index (κ3) is 3.66. The number of thioether (sulfide) groups is 1. The fourth-order valence-corrected chi connectivity index (χ4v) is 5.59. The molecule has 6 nitrogen and oxygen atoms in total. The lowest BCUT2D eigenvalue weighted by molar-refractivity contribution is 0.193. The van der Waals surface area contributed by atoms with E-state index in [4.69, 9.17) is 25.8 Å². The number of methoxy groups -OCH3 is 3. The van der Waals surface area contributed by atoms with Crippen molar-refractivity contribution in [1.82, 2.24) is 14.8 Å². The van der Waals surface area contributed by atoms with Crippen LogP contribution < -0.4 is 9.47 Å². The molecule has 1 aliphatic heterocycles. The average Bonchev–Trinajstić information content (AvgIpc) is 3.08. The molecule has 2 heterocycles. The number of nitrogens with zero attached hydrogens (tertiary/aromatic N) is 3. The molecule has 30 heavy (non-hydrogen) atoms. The van der Waals surface area contributed by atoms with Gasteiger partial charge in [0.1, 0.15) is 5.82 Å². The summed E-state index contributed by atoms with van der Waals surface area (Å²) in [5.41, 5.74) is 3.14. The molecular weight excluding hydrogens is 422 g/mol. The Morgan fingerprint density at radius 1 is 1.07 bits per heavy atom. The molecule has 1 aromatic heterocycles. The van der Waals surface area contributed by atoms with Crippen LogP contribution in [0.15, 0.2) is 36.4 Å². The van der Waals surface area contributed by atoms with Crippen molar-refractivity contribution in [2.24, 2.45) is 0 Å². The van der Waals surface area contributed by atoms with Crippen LogP contribution in [0.5, 0.6) is 11.5 Å². The van der Waals surface area contributed by atoms with Crippen molar-refractivity contribution in [2.45, 2.75) is 23.8 Å². The highest BCUT2D eigenvalue weighted by Crippen LogP contribution is 2.53. The Balaban J connectivity index is 1.96. The standard InChI is InChI=1S/C22H24ClN3O3S/c1-13-24-25-22-19(10-11-27-2)30-21(15-6-5-7-18(28-3)20(15)29-4)16-12-14(23)8-9-17(16)26(13)22/h5-9,12,19,21H,10-11H2,1-4H3/t19-,21-/m1/s1. The van der Waals surface area contributed by atoms with Crippen LogP contribution in [-0.2, 0) is 4.74 Å². The Labute approximate surface area is 185 Å². The monoisotopic (exact) mass is 445 g/mol. The van der Waals surface area contributed by atoms with E-state index in [0.29, 0.717) is 17.4 Å². The molecule has 0 N–H and O–H groups in total. The SMILES string of the molecule is COCC[C@H]1S[C@H](c2cccc(OC)c2OC)c2cc(Cl)ccc2-n2c(C)nnc21. The molecule has 2 atom stereocenters. The zero-order chi connectivity index (χ0) is 21.3. The minimum Gasteiger partial charge on any atom is -0.493 e. The van der Waals surface area contributed by atoms with Crippen LogP contribution in [0.2, 0.25) is 5.02 Å². The molecule has 0 bridgehead atoms. The Morgan fingerprint density at radius 3 is 2.63 bits per heavy atom. The first-order chi connectivity index (χ1) is 14.6. The maximum Gasteiger partial charge on any atom is 0.165 e.